The average molecular weight is 804 g/mol. The van der Waals surface area contributed by atoms with Crippen molar-refractivity contribution in [1.29, 1.82) is 0 Å². The molecule has 11 unspecified atom stereocenters. The van der Waals surface area contributed by atoms with Gasteiger partial charge in [0.05, 0.1) is 38.6 Å². The molecular formula is C38H43O19+. The first-order chi connectivity index (χ1) is 27.1. The van der Waals surface area contributed by atoms with Gasteiger partial charge in [-0.1, -0.05) is 6.07 Å². The zero-order valence-corrected chi connectivity index (χ0v) is 30.5. The first-order valence-electron chi connectivity index (χ1n) is 17.4. The number of esters is 1. The van der Waals surface area contributed by atoms with Gasteiger partial charge in [0.25, 0.3) is 11.9 Å². The standard InChI is InChI=1S/C38H42O19/c1-15-35(57-28(43)7-5-16-4-6-20(40)22(42)8-16)32(47)34(49)37(53-15)52-14-27-30(45)31(46)33(48)38(56-27)55-26-13-19-21(41)11-18(39)12-23(19)54-36(26)17-9-24(50-2)29(44)25(10-17)51-3/h4-13,15,27,30-42,44-49H,14H2,1-3H3/p+1. The normalized spacial score (nSPS) is 29.8. The number of fused-ring (bicyclic) bond motifs is 1. The van der Waals surface area contributed by atoms with Crippen LogP contribution in [0.3, 0.4) is 0 Å². The van der Waals surface area contributed by atoms with Gasteiger partial charge in [-0.3, -0.25) is 0 Å². The topological polar surface area (TPSA) is 297 Å². The maximum Gasteiger partial charge on any atom is 0.331 e. The molecule has 0 bridgehead atoms. The van der Waals surface area contributed by atoms with E-state index in [2.05, 4.69) is 4.74 Å². The summed E-state index contributed by atoms with van der Waals surface area (Å²) in [5.74, 6) is -2.54. The van der Waals surface area contributed by atoms with Gasteiger partial charge in [-0.2, -0.15) is 0 Å². The van der Waals surface area contributed by atoms with E-state index in [0.29, 0.717) is 11.1 Å². The molecule has 3 aromatic rings. The highest BCUT2D eigenvalue weighted by atomic mass is 16.7. The van der Waals surface area contributed by atoms with Crippen LogP contribution in [0.15, 0.2) is 54.3 Å². The van der Waals surface area contributed by atoms with Gasteiger partial charge < -0.3 is 89.0 Å². The number of benzene rings is 3. The zero-order chi connectivity index (χ0) is 41.3. The highest BCUT2D eigenvalue weighted by Gasteiger charge is 2.49. The van der Waals surface area contributed by atoms with Crippen LogP contribution < -0.4 is 9.47 Å². The Kier molecular flexibility index (Phi) is 12.2. The Morgan fingerprint density at radius 3 is 2.14 bits per heavy atom. The molecular weight excluding hydrogens is 760 g/mol. The largest absolute Gasteiger partial charge is 0.571 e. The van der Waals surface area contributed by atoms with E-state index in [0.717, 1.165) is 12.1 Å². The zero-order valence-electron chi connectivity index (χ0n) is 30.5. The summed E-state index contributed by atoms with van der Waals surface area (Å²) in [4.78, 5) is 12.5. The number of aliphatic hydroxyl groups is 6. The van der Waals surface area contributed by atoms with Crippen LogP contribution in [0.5, 0.6) is 46.0 Å². The van der Waals surface area contributed by atoms with E-state index in [4.69, 9.17) is 33.2 Å². The van der Waals surface area contributed by atoms with Crippen LogP contribution in [-0.4, -0.2) is 144 Å². The molecule has 2 fully saturated rings. The Hall–Kier alpha value is -5.51. The number of carbonyl (C=O) groups excluding carboxylic acids is 1. The minimum atomic E-state index is -1.87. The van der Waals surface area contributed by atoms with E-state index in [9.17, 15) is 55.9 Å². The van der Waals surface area contributed by atoms with Gasteiger partial charge in [0.15, 0.2) is 41.2 Å². The van der Waals surface area contributed by atoms with E-state index in [-0.39, 0.29) is 51.6 Å². The van der Waals surface area contributed by atoms with E-state index in [1.165, 1.54) is 69.7 Å². The van der Waals surface area contributed by atoms with Crippen LogP contribution in [0.1, 0.15) is 29.7 Å². The maximum absolute atomic E-state index is 12.5. The van der Waals surface area contributed by atoms with Crippen LogP contribution in [-0.2, 0) is 28.5 Å². The first kappa shape index (κ1) is 41.1. The number of hydrogen-bond donors (Lipinski definition) is 10. The van der Waals surface area contributed by atoms with Crippen molar-refractivity contribution in [2.24, 2.45) is 0 Å². The third-order valence-corrected chi connectivity index (χ3v) is 9.55. The van der Waals surface area contributed by atoms with Crippen molar-refractivity contribution < 1.29 is 93.8 Å². The van der Waals surface area contributed by atoms with Gasteiger partial charge in [0.1, 0.15) is 53.7 Å². The average Bonchev–Trinajstić information content (AvgIpc) is 3.18. The smallest absolute Gasteiger partial charge is 0.331 e. The number of rotatable bonds is 11. The second kappa shape index (κ2) is 16.9. The molecule has 19 nitrogen and oxygen atoms in total. The number of phenolic OH excluding ortho intramolecular Hbond substituents is 5. The molecule has 2 saturated heterocycles. The predicted octanol–water partition coefficient (Wildman–Crippen LogP) is 0.501. The molecule has 11 atom stereocenters. The molecule has 3 heterocycles. The highest BCUT2D eigenvalue weighted by Crippen LogP contribution is 2.48. The summed E-state index contributed by atoms with van der Waals surface area (Å²) >= 11 is 0. The molecule has 11 N–H and O–H groups in total. The van der Waals surface area contributed by atoms with E-state index < -0.39 is 85.8 Å². The fourth-order valence-electron chi connectivity index (χ4n) is 6.46. The highest BCUT2D eigenvalue weighted by molar-refractivity contribution is 5.87. The van der Waals surface area contributed by atoms with Crippen molar-refractivity contribution >= 4 is 18.1 Å². The molecule has 3 aliphatic rings. The molecule has 0 aromatic heterocycles. The summed E-state index contributed by atoms with van der Waals surface area (Å²) in [5.41, 5.74) is 0.799. The Balaban J connectivity index is 1.16. The van der Waals surface area contributed by atoms with Gasteiger partial charge in [0.2, 0.25) is 12.0 Å². The third kappa shape index (κ3) is 8.60. The van der Waals surface area contributed by atoms with Crippen molar-refractivity contribution in [3.63, 3.8) is 0 Å². The number of ether oxygens (including phenoxy) is 8. The summed E-state index contributed by atoms with van der Waals surface area (Å²) in [5, 5.41) is 105. The molecule has 6 rings (SSSR count). The van der Waals surface area contributed by atoms with Crippen molar-refractivity contribution in [3.05, 3.63) is 71.0 Å². The Morgan fingerprint density at radius 2 is 1.47 bits per heavy atom. The SMILES string of the molecule is COc1cc(C2[OH+]c3cc(O)cc(O)c3C=C2OC2OC(COC3OC(C)C(OC(=O)C=Cc4ccc(O)c(O)c4)C(O)C3O)C(O)C(O)C2O)cc(OC)c1O. The number of aliphatic hydroxyl groups excluding tert-OH is 5. The van der Waals surface area contributed by atoms with Crippen molar-refractivity contribution in [2.75, 3.05) is 20.8 Å². The van der Waals surface area contributed by atoms with E-state index in [1.54, 1.807) is 0 Å². The molecule has 0 amide bonds. The summed E-state index contributed by atoms with van der Waals surface area (Å²) in [6.07, 6.45) is -13.6. The van der Waals surface area contributed by atoms with Crippen molar-refractivity contribution in [2.45, 2.75) is 74.4 Å². The molecule has 3 aliphatic heterocycles. The fraction of sp³-hybridized carbons (Fsp3) is 0.395. The lowest BCUT2D eigenvalue weighted by Gasteiger charge is -2.43. The van der Waals surface area contributed by atoms with E-state index >= 15 is 0 Å². The van der Waals surface area contributed by atoms with Gasteiger partial charge in [-0.25, -0.2) is 4.79 Å². The monoisotopic (exact) mass is 803 g/mol. The molecule has 308 valence electrons. The summed E-state index contributed by atoms with van der Waals surface area (Å²) in [6.45, 7) is 0.845. The molecule has 19 heteroatoms. The van der Waals surface area contributed by atoms with Gasteiger partial charge in [-0.15, -0.1) is 0 Å². The van der Waals surface area contributed by atoms with Gasteiger partial charge in [-0.05, 0) is 42.8 Å². The quantitative estimate of drug-likeness (QED) is 0.0546. The fourth-order valence-corrected chi connectivity index (χ4v) is 6.46. The van der Waals surface area contributed by atoms with Gasteiger partial charge in [0, 0.05) is 18.2 Å². The lowest BCUT2D eigenvalue weighted by molar-refractivity contribution is -0.325. The van der Waals surface area contributed by atoms with Crippen LogP contribution in [0.4, 0.5) is 0 Å². The number of carbonyl (C=O) groups is 1. The Bertz CT molecular complexity index is 1970. The van der Waals surface area contributed by atoms with Crippen LogP contribution >= 0.6 is 0 Å². The molecule has 3 aromatic carbocycles. The molecule has 0 radical (unpaired) electrons. The molecule has 0 spiro atoms. The van der Waals surface area contributed by atoms with Crippen molar-refractivity contribution in [3.8, 4) is 46.0 Å². The minimum Gasteiger partial charge on any atom is -0.571 e. The lowest BCUT2D eigenvalue weighted by atomic mass is 9.98. The molecule has 0 saturated carbocycles. The Labute approximate surface area is 323 Å². The minimum absolute atomic E-state index is 0.00792. The maximum atomic E-state index is 12.5. The van der Waals surface area contributed by atoms with Crippen LogP contribution in [0.25, 0.3) is 12.2 Å². The van der Waals surface area contributed by atoms with Crippen molar-refractivity contribution in [1.82, 2.24) is 0 Å². The lowest BCUT2D eigenvalue weighted by Crippen LogP contribution is -2.61. The van der Waals surface area contributed by atoms with Crippen LogP contribution in [0.2, 0.25) is 0 Å². The Morgan fingerprint density at radius 1 is 0.789 bits per heavy atom. The number of hydrogen-bond acceptors (Lipinski definition) is 18. The number of methoxy groups -OCH3 is 2. The second-order valence-corrected chi connectivity index (χ2v) is 13.4. The van der Waals surface area contributed by atoms with E-state index in [1.807, 2.05) is 0 Å². The molecule has 0 aliphatic carbocycles. The summed E-state index contributed by atoms with van der Waals surface area (Å²) in [7, 11) is 2.63. The van der Waals surface area contributed by atoms with Gasteiger partial charge >= 0.3 is 5.97 Å². The third-order valence-electron chi connectivity index (χ3n) is 9.55. The number of aromatic hydroxyl groups is 6. The summed E-state index contributed by atoms with van der Waals surface area (Å²) in [6, 6.07) is 9.08. The summed E-state index contributed by atoms with van der Waals surface area (Å²) < 4.78 is 43.8. The van der Waals surface area contributed by atoms with Crippen LogP contribution in [0, 0.1) is 0 Å². The molecule has 57 heavy (non-hydrogen) atoms. The number of phenols is 5. The predicted molar refractivity (Wildman–Crippen MR) is 192 cm³/mol. The first-order valence-corrected chi connectivity index (χ1v) is 17.4. The second-order valence-electron chi connectivity index (χ2n) is 13.4.